The number of aromatic nitrogens is 2. The summed E-state index contributed by atoms with van der Waals surface area (Å²) in [5.41, 5.74) is 0.359. The van der Waals surface area contributed by atoms with Crippen LogP contribution in [0.15, 0.2) is 46.2 Å². The molecule has 0 N–H and O–H groups in total. The number of ketones is 1. The van der Waals surface area contributed by atoms with Crippen molar-refractivity contribution in [1.29, 1.82) is 0 Å². The van der Waals surface area contributed by atoms with Gasteiger partial charge in [-0.15, -0.1) is 0 Å². The van der Waals surface area contributed by atoms with E-state index in [1.807, 2.05) is 19.1 Å². The molecule has 0 unspecified atom stereocenters. The highest BCUT2D eigenvalue weighted by Gasteiger charge is 2.09. The second-order valence-corrected chi connectivity index (χ2v) is 4.62. The van der Waals surface area contributed by atoms with Gasteiger partial charge in [-0.25, -0.2) is 0 Å². The van der Waals surface area contributed by atoms with Crippen molar-refractivity contribution in [2.24, 2.45) is 7.05 Å². The summed E-state index contributed by atoms with van der Waals surface area (Å²) in [6.07, 6.45) is 3.82. The van der Waals surface area contributed by atoms with Gasteiger partial charge < -0.3 is 9.13 Å². The fourth-order valence-corrected chi connectivity index (χ4v) is 1.89. The molecular weight excluding hydrogens is 256 g/mol. The van der Waals surface area contributed by atoms with Gasteiger partial charge in [0, 0.05) is 25.0 Å². The summed E-state index contributed by atoms with van der Waals surface area (Å²) in [4.78, 5) is 35.3. The van der Waals surface area contributed by atoms with Crippen LogP contribution >= 0.6 is 0 Å². The summed E-state index contributed by atoms with van der Waals surface area (Å²) < 4.78 is 2.33. The van der Waals surface area contributed by atoms with Crippen LogP contribution in [0.2, 0.25) is 0 Å². The molecular formula is C15H16N2O3. The Morgan fingerprint density at radius 2 is 1.70 bits per heavy atom. The quantitative estimate of drug-likeness (QED) is 0.616. The number of hydrogen-bond donors (Lipinski definition) is 0. The average Bonchev–Trinajstić information content (AvgIpc) is 2.48. The largest absolute Gasteiger partial charge is 0.316 e. The molecule has 1 aromatic heterocycles. The van der Waals surface area contributed by atoms with Crippen LogP contribution in [0, 0.1) is 0 Å². The minimum absolute atomic E-state index is 0.125. The summed E-state index contributed by atoms with van der Waals surface area (Å²) in [6, 6.07) is 7.26. The number of hydrogen-bond acceptors (Lipinski definition) is 3. The van der Waals surface area contributed by atoms with Gasteiger partial charge in [-0.1, -0.05) is 31.2 Å². The molecule has 0 saturated heterocycles. The molecule has 0 bridgehead atoms. The number of rotatable bonds is 4. The molecule has 0 fully saturated rings. The second-order valence-electron chi connectivity index (χ2n) is 4.62. The molecule has 0 aliphatic rings. The Balaban J connectivity index is 2.25. The van der Waals surface area contributed by atoms with Crippen molar-refractivity contribution < 1.29 is 4.79 Å². The summed E-state index contributed by atoms with van der Waals surface area (Å²) in [6.45, 7) is 1.91. The smallest absolute Gasteiger partial charge is 0.312 e. The number of benzene rings is 1. The number of nitrogens with zero attached hydrogens (tertiary/aromatic N) is 2. The van der Waals surface area contributed by atoms with Crippen LogP contribution in [0.3, 0.4) is 0 Å². The van der Waals surface area contributed by atoms with Crippen LogP contribution in [0.4, 0.5) is 0 Å². The van der Waals surface area contributed by atoms with Gasteiger partial charge in [0.1, 0.15) is 0 Å². The highest BCUT2D eigenvalue weighted by Crippen LogP contribution is 2.06. The van der Waals surface area contributed by atoms with Gasteiger partial charge in [-0.3, -0.25) is 14.4 Å². The van der Waals surface area contributed by atoms with Gasteiger partial charge >= 0.3 is 11.1 Å². The van der Waals surface area contributed by atoms with Crippen LogP contribution in [0.1, 0.15) is 22.8 Å². The predicted octanol–water partition coefficient (Wildman–Crippen LogP) is 0.992. The SMILES string of the molecule is CCc1ccc(C(=O)Cn2ccn(C)c(=O)c2=O)cc1. The van der Waals surface area contributed by atoms with Gasteiger partial charge in [0.05, 0.1) is 6.54 Å². The summed E-state index contributed by atoms with van der Waals surface area (Å²) >= 11 is 0. The molecule has 0 aliphatic heterocycles. The Kier molecular flexibility index (Phi) is 3.98. The maximum Gasteiger partial charge on any atom is 0.316 e. The lowest BCUT2D eigenvalue weighted by Crippen LogP contribution is -2.40. The molecule has 1 heterocycles. The maximum atomic E-state index is 12.1. The molecule has 0 saturated carbocycles. The molecule has 1 aromatic carbocycles. The van der Waals surface area contributed by atoms with E-state index in [2.05, 4.69) is 0 Å². The van der Waals surface area contributed by atoms with E-state index in [9.17, 15) is 14.4 Å². The van der Waals surface area contributed by atoms with Crippen molar-refractivity contribution >= 4 is 5.78 Å². The molecule has 0 spiro atoms. The first-order valence-electron chi connectivity index (χ1n) is 6.41. The third-order valence-corrected chi connectivity index (χ3v) is 3.23. The monoisotopic (exact) mass is 272 g/mol. The molecule has 20 heavy (non-hydrogen) atoms. The lowest BCUT2D eigenvalue weighted by Gasteiger charge is -2.06. The minimum Gasteiger partial charge on any atom is -0.312 e. The maximum absolute atomic E-state index is 12.1. The van der Waals surface area contributed by atoms with Crippen molar-refractivity contribution in [3.8, 4) is 0 Å². The van der Waals surface area contributed by atoms with Crippen LogP contribution in [-0.2, 0) is 20.0 Å². The highest BCUT2D eigenvalue weighted by atomic mass is 16.2. The van der Waals surface area contributed by atoms with Gasteiger partial charge in [0.25, 0.3) is 0 Å². The Morgan fingerprint density at radius 3 is 2.30 bits per heavy atom. The highest BCUT2D eigenvalue weighted by molar-refractivity contribution is 5.95. The standard InChI is InChI=1S/C15H16N2O3/c1-3-11-4-6-12(7-5-11)13(18)10-17-9-8-16(2)14(19)15(17)20/h4-9H,3,10H2,1-2H3. The molecule has 2 rings (SSSR count). The zero-order valence-electron chi connectivity index (χ0n) is 11.5. The van der Waals surface area contributed by atoms with E-state index in [-0.39, 0.29) is 12.3 Å². The Labute approximate surface area is 116 Å². The number of carbonyl (C=O) groups excluding carboxylic acids is 1. The minimum atomic E-state index is -0.687. The van der Waals surface area contributed by atoms with E-state index in [0.717, 1.165) is 16.6 Å². The van der Waals surface area contributed by atoms with E-state index in [4.69, 9.17) is 0 Å². The van der Waals surface area contributed by atoms with Gasteiger partial charge in [-0.2, -0.15) is 0 Å². The van der Waals surface area contributed by atoms with Gasteiger partial charge in [0.2, 0.25) is 0 Å². The Hall–Kier alpha value is -2.43. The van der Waals surface area contributed by atoms with Gasteiger partial charge in [-0.05, 0) is 12.0 Å². The number of aryl methyl sites for hydroxylation is 2. The van der Waals surface area contributed by atoms with E-state index in [1.54, 1.807) is 12.1 Å². The fraction of sp³-hybridized carbons (Fsp3) is 0.267. The Morgan fingerprint density at radius 1 is 1.05 bits per heavy atom. The van der Waals surface area contributed by atoms with Crippen molar-refractivity contribution in [2.75, 3.05) is 0 Å². The van der Waals surface area contributed by atoms with E-state index in [1.165, 1.54) is 24.0 Å². The first-order valence-corrected chi connectivity index (χ1v) is 6.41. The van der Waals surface area contributed by atoms with E-state index in [0.29, 0.717) is 5.56 Å². The van der Waals surface area contributed by atoms with Crippen molar-refractivity contribution in [3.05, 3.63) is 68.5 Å². The molecule has 2 aromatic rings. The number of carbonyl (C=O) groups is 1. The van der Waals surface area contributed by atoms with Crippen LogP contribution in [0.25, 0.3) is 0 Å². The topological polar surface area (TPSA) is 61.1 Å². The number of Topliss-reactive ketones (excluding diaryl/α,β-unsaturated/α-hetero) is 1. The molecule has 0 aliphatic carbocycles. The third kappa shape index (κ3) is 2.77. The van der Waals surface area contributed by atoms with Crippen molar-refractivity contribution in [3.63, 3.8) is 0 Å². The fourth-order valence-electron chi connectivity index (χ4n) is 1.89. The third-order valence-electron chi connectivity index (χ3n) is 3.23. The second kappa shape index (κ2) is 5.69. The molecule has 0 atom stereocenters. The first-order chi connectivity index (χ1) is 9.52. The normalized spacial score (nSPS) is 10.5. The first kappa shape index (κ1) is 14.0. The van der Waals surface area contributed by atoms with E-state index < -0.39 is 11.1 Å². The van der Waals surface area contributed by atoms with Crippen LogP contribution in [-0.4, -0.2) is 14.9 Å². The van der Waals surface area contributed by atoms with Crippen LogP contribution < -0.4 is 11.1 Å². The van der Waals surface area contributed by atoms with Crippen LogP contribution in [0.5, 0.6) is 0 Å². The molecule has 5 heteroatoms. The lowest BCUT2D eigenvalue weighted by atomic mass is 10.1. The molecule has 0 amide bonds. The molecule has 5 nitrogen and oxygen atoms in total. The summed E-state index contributed by atoms with van der Waals surface area (Å²) in [5, 5.41) is 0. The Bertz CT molecular complexity index is 739. The molecule has 104 valence electrons. The van der Waals surface area contributed by atoms with Crippen molar-refractivity contribution in [1.82, 2.24) is 9.13 Å². The average molecular weight is 272 g/mol. The summed E-state index contributed by atoms with van der Waals surface area (Å²) in [7, 11) is 1.50. The van der Waals surface area contributed by atoms with Crippen molar-refractivity contribution in [2.45, 2.75) is 19.9 Å². The van der Waals surface area contributed by atoms with Gasteiger partial charge in [0.15, 0.2) is 5.78 Å². The molecule has 0 radical (unpaired) electrons. The summed E-state index contributed by atoms with van der Waals surface area (Å²) in [5.74, 6) is -0.192. The van der Waals surface area contributed by atoms with E-state index >= 15 is 0 Å². The lowest BCUT2D eigenvalue weighted by molar-refractivity contribution is 0.0970. The zero-order chi connectivity index (χ0) is 14.7. The zero-order valence-corrected chi connectivity index (χ0v) is 11.5. The predicted molar refractivity (Wildman–Crippen MR) is 76.1 cm³/mol.